The lowest BCUT2D eigenvalue weighted by molar-refractivity contribution is -0.140. The fourth-order valence-electron chi connectivity index (χ4n) is 2.48. The second-order valence-corrected chi connectivity index (χ2v) is 7.29. The van der Waals surface area contributed by atoms with E-state index in [0.29, 0.717) is 5.01 Å². The molecule has 0 saturated carbocycles. The third-order valence-electron chi connectivity index (χ3n) is 3.49. The van der Waals surface area contributed by atoms with Crippen molar-refractivity contribution in [1.82, 2.24) is 8.96 Å². The van der Waals surface area contributed by atoms with Crippen LogP contribution in [0.3, 0.4) is 0 Å². The second kappa shape index (κ2) is 5.53. The lowest BCUT2D eigenvalue weighted by Crippen LogP contribution is -2.14. The molecule has 8 heteroatoms. The van der Waals surface area contributed by atoms with Crippen molar-refractivity contribution in [3.05, 3.63) is 39.6 Å². The molecule has 0 N–H and O–H groups in total. The number of hydrogen-bond acceptors (Lipinski definition) is 3. The quantitative estimate of drug-likeness (QED) is 0.619. The van der Waals surface area contributed by atoms with E-state index in [2.05, 4.69) is 36.2 Å². The van der Waals surface area contributed by atoms with E-state index >= 15 is 0 Å². The minimum Gasteiger partial charge on any atom is -0.287 e. The fourth-order valence-corrected chi connectivity index (χ4v) is 4.93. The molecule has 108 valence electrons. The minimum atomic E-state index is -4.34. The van der Waals surface area contributed by atoms with Gasteiger partial charge in [-0.05, 0) is 30.9 Å². The first-order valence-corrected chi connectivity index (χ1v) is 10.2. The number of hydrogen-bond donors (Lipinski definition) is 0. The highest BCUT2D eigenvalue weighted by atomic mass is 127. The molecular weight excluding hydrogens is 420 g/mol. The molecule has 0 amide bonds. The number of alkyl halides is 3. The van der Waals surface area contributed by atoms with Crippen molar-refractivity contribution < 1.29 is 13.2 Å². The Hall–Kier alpha value is -0.220. The Morgan fingerprint density at radius 3 is 2.90 bits per heavy atom. The summed E-state index contributed by atoms with van der Waals surface area (Å²) in [4.78, 5) is 3.79. The molecule has 0 spiro atoms. The van der Waals surface area contributed by atoms with Crippen molar-refractivity contribution in [3.63, 3.8) is 0 Å². The monoisotopic (exact) mass is 430 g/mol. The van der Waals surface area contributed by atoms with Gasteiger partial charge in [0.05, 0.1) is 5.01 Å². The number of nitrogens with zero attached hydrogens (tertiary/aromatic N) is 2. The molecule has 1 aliphatic carbocycles. The molecule has 2 aromatic rings. The van der Waals surface area contributed by atoms with Crippen LogP contribution in [0.15, 0.2) is 17.6 Å². The fraction of sp³-hybridized carbons (Fsp3) is 0.417. The van der Waals surface area contributed by atoms with Gasteiger partial charge in [0, 0.05) is 53.5 Å². The predicted octanol–water partition coefficient (Wildman–Crippen LogP) is 5.08. The molecular formula is C12H10F3IN2S2. The van der Waals surface area contributed by atoms with E-state index in [1.165, 1.54) is 11.3 Å². The molecule has 1 unspecified atom stereocenters. The number of aryl methyl sites for hydroxylation is 1. The third-order valence-corrected chi connectivity index (χ3v) is 6.26. The molecule has 0 aromatic carbocycles. The van der Waals surface area contributed by atoms with E-state index in [4.69, 9.17) is 0 Å². The van der Waals surface area contributed by atoms with Crippen LogP contribution in [0.5, 0.6) is 0 Å². The van der Waals surface area contributed by atoms with Gasteiger partial charge in [-0.15, -0.1) is 11.3 Å². The Morgan fingerprint density at radius 2 is 2.25 bits per heavy atom. The number of fused-ring (bicyclic) bond motifs is 1. The van der Waals surface area contributed by atoms with Crippen LogP contribution < -0.4 is 0 Å². The minimum absolute atomic E-state index is 0.0980. The highest BCUT2D eigenvalue weighted by Crippen LogP contribution is 2.38. The Kier molecular flexibility index (Phi) is 4.06. The van der Waals surface area contributed by atoms with Gasteiger partial charge < -0.3 is 0 Å². The zero-order valence-electron chi connectivity index (χ0n) is 10.2. The average Bonchev–Trinajstić information content (AvgIpc) is 3.04. The Bertz CT molecular complexity index is 607. The molecule has 0 bridgehead atoms. The van der Waals surface area contributed by atoms with Gasteiger partial charge in [-0.25, -0.2) is 4.98 Å². The van der Waals surface area contributed by atoms with E-state index in [9.17, 15) is 13.2 Å². The van der Waals surface area contributed by atoms with Crippen LogP contribution in [0.2, 0.25) is 0 Å². The smallest absolute Gasteiger partial charge is 0.287 e. The Morgan fingerprint density at radius 1 is 1.45 bits per heavy atom. The summed E-state index contributed by atoms with van der Waals surface area (Å²) in [5.41, 5.74) is 1.75. The summed E-state index contributed by atoms with van der Waals surface area (Å²) in [6, 6.07) is 2.10. The zero-order chi connectivity index (χ0) is 14.3. The van der Waals surface area contributed by atoms with Gasteiger partial charge in [0.25, 0.3) is 0 Å². The van der Waals surface area contributed by atoms with Gasteiger partial charge in [0.1, 0.15) is 0 Å². The predicted molar refractivity (Wildman–Crippen MR) is 83.3 cm³/mol. The van der Waals surface area contributed by atoms with Gasteiger partial charge in [0.2, 0.25) is 0 Å². The van der Waals surface area contributed by atoms with Crippen molar-refractivity contribution >= 4 is 41.7 Å². The molecule has 3 rings (SSSR count). The highest BCUT2D eigenvalue weighted by molar-refractivity contribution is 14.2. The molecule has 0 fully saturated rings. The maximum absolute atomic E-state index is 12.6. The number of thiazole rings is 1. The normalized spacial score (nSPS) is 19.1. The van der Waals surface area contributed by atoms with Crippen molar-refractivity contribution in [2.75, 3.05) is 0 Å². The van der Waals surface area contributed by atoms with Crippen LogP contribution in [0.4, 0.5) is 13.2 Å². The maximum Gasteiger partial charge on any atom is 0.434 e. The van der Waals surface area contributed by atoms with Crippen LogP contribution in [-0.2, 0) is 19.0 Å². The van der Waals surface area contributed by atoms with Gasteiger partial charge in [0.15, 0.2) is 5.69 Å². The summed E-state index contributed by atoms with van der Waals surface area (Å²) >= 11 is 3.33. The van der Waals surface area contributed by atoms with Crippen LogP contribution in [-0.4, -0.2) is 8.96 Å². The lowest BCUT2D eigenvalue weighted by atomic mass is 9.88. The van der Waals surface area contributed by atoms with E-state index in [-0.39, 0.29) is 5.92 Å². The van der Waals surface area contributed by atoms with E-state index < -0.39 is 11.9 Å². The second-order valence-electron chi connectivity index (χ2n) is 4.69. The van der Waals surface area contributed by atoms with Crippen molar-refractivity contribution in [3.8, 4) is 0 Å². The summed E-state index contributed by atoms with van der Waals surface area (Å²) in [6.45, 7) is 0. The molecule has 0 radical (unpaired) electrons. The Labute approximate surface area is 134 Å². The maximum atomic E-state index is 12.6. The first kappa shape index (κ1) is 14.7. The number of halogens is 4. The van der Waals surface area contributed by atoms with E-state index in [1.54, 1.807) is 9.12 Å². The molecule has 20 heavy (non-hydrogen) atoms. The number of aromatic nitrogens is 2. The van der Waals surface area contributed by atoms with Gasteiger partial charge in [-0.1, -0.05) is 0 Å². The highest BCUT2D eigenvalue weighted by Gasteiger charge is 2.35. The molecule has 1 aliphatic rings. The van der Waals surface area contributed by atoms with Crippen LogP contribution in [0.25, 0.3) is 0 Å². The van der Waals surface area contributed by atoms with Gasteiger partial charge in [-0.3, -0.25) is 3.97 Å². The van der Waals surface area contributed by atoms with Crippen molar-refractivity contribution in [2.45, 2.75) is 31.4 Å². The lowest BCUT2D eigenvalue weighted by Gasteiger charge is -2.21. The van der Waals surface area contributed by atoms with Crippen LogP contribution >= 0.6 is 41.7 Å². The van der Waals surface area contributed by atoms with Gasteiger partial charge in [-0.2, -0.15) is 13.2 Å². The van der Waals surface area contributed by atoms with E-state index in [1.807, 2.05) is 6.20 Å². The average molecular weight is 430 g/mol. The van der Waals surface area contributed by atoms with Crippen LogP contribution in [0, 0.1) is 0 Å². The summed E-state index contributed by atoms with van der Waals surface area (Å²) in [6.07, 6.45) is 0.224. The topological polar surface area (TPSA) is 17.8 Å². The third kappa shape index (κ3) is 2.74. The molecule has 0 aliphatic heterocycles. The first-order valence-electron chi connectivity index (χ1n) is 6.00. The van der Waals surface area contributed by atoms with Crippen LogP contribution in [0.1, 0.15) is 34.3 Å². The summed E-state index contributed by atoms with van der Waals surface area (Å²) in [7, 11) is 1.59. The van der Waals surface area contributed by atoms with Crippen molar-refractivity contribution in [2.24, 2.45) is 0 Å². The molecule has 2 nitrogen and oxygen atoms in total. The summed E-state index contributed by atoms with van der Waals surface area (Å²) in [5, 5.41) is 1.73. The summed E-state index contributed by atoms with van der Waals surface area (Å²) in [5.74, 6) is 0.0980. The van der Waals surface area contributed by atoms with E-state index in [0.717, 1.165) is 36.0 Å². The Balaban J connectivity index is 1.85. The molecule has 1 atom stereocenters. The standard InChI is InChI=1S/C12H10F3IN2S2/c13-12(14,15)10-6-19-11(17-10)8-2-1-7-3-4-18(20-16)9(7)5-8/h3-4,6,8H,1-2,5H2. The summed E-state index contributed by atoms with van der Waals surface area (Å²) < 4.78 is 39.9. The zero-order valence-corrected chi connectivity index (χ0v) is 13.9. The molecule has 2 aromatic heterocycles. The largest absolute Gasteiger partial charge is 0.434 e. The SMILES string of the molecule is FC(F)(F)c1csc(C2CCc3ccn(SI)c3C2)n1. The van der Waals surface area contributed by atoms with Gasteiger partial charge >= 0.3 is 6.18 Å². The first-order chi connectivity index (χ1) is 9.49. The van der Waals surface area contributed by atoms with Crippen molar-refractivity contribution in [1.29, 1.82) is 0 Å². The number of rotatable bonds is 2. The molecule has 0 saturated heterocycles. The molecule has 2 heterocycles.